The highest BCUT2D eigenvalue weighted by Crippen LogP contribution is 2.59. The maximum Gasteiger partial charge on any atom is 0.166 e. The number of aromatic nitrogens is 1. The van der Waals surface area contributed by atoms with Crippen molar-refractivity contribution in [2.24, 2.45) is 11.8 Å². The third-order valence-corrected chi connectivity index (χ3v) is 14.4. The van der Waals surface area contributed by atoms with Gasteiger partial charge in [-0.25, -0.2) is 0 Å². The van der Waals surface area contributed by atoms with E-state index < -0.39 is 0 Å². The van der Waals surface area contributed by atoms with E-state index in [1.165, 1.54) is 67.4 Å². The summed E-state index contributed by atoms with van der Waals surface area (Å²) in [5.74, 6) is 1.76. The van der Waals surface area contributed by atoms with Gasteiger partial charge in [-0.2, -0.15) is 5.26 Å². The topological polar surface area (TPSA) is 58.4 Å². The standard InChI is InChI=1S/C46H38N2O2/c1-23(2)46-16-5-8-26(15-17-46)38-28(22-47)18-35-40(43(38)46)33-21-37-41(29-9-3-6-25-7-4-10-36(50-37)39(25)29)42-32-19-30-24-11-13-27(14-12-24)45(49)31(30)20-34(32)48(35)44(33)42/h3-4,6-7,9-10,18-21,23-24,26-27H,5,8,11-17H2,1-2H3. The number of nitrogens with zero attached hydrogens (tertiary/aromatic N) is 2. The molecule has 4 bridgehead atoms. The Morgan fingerprint density at radius 2 is 1.60 bits per heavy atom. The molecule has 5 aromatic carbocycles. The summed E-state index contributed by atoms with van der Waals surface area (Å²) in [5, 5.41) is 20.5. The van der Waals surface area contributed by atoms with Crippen LogP contribution < -0.4 is 0 Å². The molecule has 2 atom stereocenters. The number of hydrogen-bond acceptors (Lipinski definition) is 3. The van der Waals surface area contributed by atoms with Gasteiger partial charge in [-0.05, 0) is 132 Å². The minimum atomic E-state index is 0.0205. The minimum Gasteiger partial charge on any atom is -0.456 e. The Morgan fingerprint density at radius 3 is 2.42 bits per heavy atom. The first kappa shape index (κ1) is 27.9. The van der Waals surface area contributed by atoms with Crippen LogP contribution in [0, 0.1) is 23.2 Å². The zero-order chi connectivity index (χ0) is 33.2. The molecule has 0 saturated heterocycles. The molecule has 0 amide bonds. The molecule has 6 aliphatic rings. The second-order valence-corrected chi connectivity index (χ2v) is 16.6. The predicted molar refractivity (Wildman–Crippen MR) is 202 cm³/mol. The highest BCUT2D eigenvalue weighted by atomic mass is 16.3. The highest BCUT2D eigenvalue weighted by molar-refractivity contribution is 6.36. The SMILES string of the molecule is CC(C)C12CCCC(CC1)c1c(C#N)cc3c(c12)c1cc2oc4cccc5cccc(c54)c2c2c4cc5c(cc4n3c12)C(=O)C1CCC5CC1. The fourth-order valence-corrected chi connectivity index (χ4v) is 12.1. The van der Waals surface area contributed by atoms with Crippen LogP contribution in [0.1, 0.15) is 116 Å². The molecule has 3 heterocycles. The summed E-state index contributed by atoms with van der Waals surface area (Å²) in [6, 6.07) is 25.0. The number of nitriles is 1. The van der Waals surface area contributed by atoms with Crippen molar-refractivity contribution < 1.29 is 9.21 Å². The van der Waals surface area contributed by atoms with Crippen LogP contribution in [0.3, 0.4) is 0 Å². The normalized spacial score (nSPS) is 24.8. The molecule has 50 heavy (non-hydrogen) atoms. The van der Waals surface area contributed by atoms with Crippen molar-refractivity contribution in [2.45, 2.75) is 88.9 Å². The van der Waals surface area contributed by atoms with Crippen molar-refractivity contribution in [1.29, 1.82) is 5.26 Å². The van der Waals surface area contributed by atoms with E-state index in [0.29, 0.717) is 23.5 Å². The summed E-state index contributed by atoms with van der Waals surface area (Å²) >= 11 is 0. The third-order valence-electron chi connectivity index (χ3n) is 14.4. The van der Waals surface area contributed by atoms with Crippen LogP contribution >= 0.6 is 0 Å². The van der Waals surface area contributed by atoms with Crippen LogP contribution in [0.2, 0.25) is 0 Å². The molecule has 2 saturated carbocycles. The summed E-state index contributed by atoms with van der Waals surface area (Å²) in [4.78, 5) is 14.2. The summed E-state index contributed by atoms with van der Waals surface area (Å²) in [5.41, 5.74) is 11.0. The minimum absolute atomic E-state index is 0.0205. The molecule has 4 nitrogen and oxygen atoms in total. The van der Waals surface area contributed by atoms with Crippen LogP contribution in [-0.4, -0.2) is 10.2 Å². The van der Waals surface area contributed by atoms with Crippen molar-refractivity contribution in [3.8, 4) is 6.07 Å². The van der Waals surface area contributed by atoms with Crippen LogP contribution in [0.4, 0.5) is 0 Å². The average molecular weight is 651 g/mol. The van der Waals surface area contributed by atoms with Gasteiger partial charge in [0.05, 0.1) is 28.2 Å². The van der Waals surface area contributed by atoms with Crippen molar-refractivity contribution >= 4 is 76.6 Å². The Labute approximate surface area is 290 Å². The quantitative estimate of drug-likeness (QED) is 0.131. The van der Waals surface area contributed by atoms with Crippen LogP contribution in [0.25, 0.3) is 70.8 Å². The molecule has 14 rings (SSSR count). The molecular formula is C46H38N2O2. The number of carbonyl (C=O) groups excluding carboxylic acids is 1. The summed E-state index contributed by atoms with van der Waals surface area (Å²) < 4.78 is 9.45. The van der Waals surface area contributed by atoms with E-state index in [4.69, 9.17) is 4.42 Å². The number of fused-ring (bicyclic) bond motifs is 14. The number of ketones is 1. The van der Waals surface area contributed by atoms with Crippen molar-refractivity contribution in [1.82, 2.24) is 4.40 Å². The van der Waals surface area contributed by atoms with Gasteiger partial charge >= 0.3 is 0 Å². The van der Waals surface area contributed by atoms with E-state index >= 15 is 0 Å². The fourth-order valence-electron chi connectivity index (χ4n) is 12.1. The van der Waals surface area contributed by atoms with E-state index in [-0.39, 0.29) is 11.3 Å². The Morgan fingerprint density at radius 1 is 0.780 bits per heavy atom. The van der Waals surface area contributed by atoms with Gasteiger partial charge in [0.1, 0.15) is 11.2 Å². The first-order valence-corrected chi connectivity index (χ1v) is 19.0. The van der Waals surface area contributed by atoms with E-state index in [1.807, 2.05) is 0 Å². The first-order valence-electron chi connectivity index (χ1n) is 19.0. The third kappa shape index (κ3) is 3.14. The smallest absolute Gasteiger partial charge is 0.166 e. The summed E-state index contributed by atoms with van der Waals surface area (Å²) in [7, 11) is 0. The lowest BCUT2D eigenvalue weighted by atomic mass is 9.60. The Bertz CT molecular complexity index is 2880. The van der Waals surface area contributed by atoms with E-state index in [1.54, 1.807) is 0 Å². The van der Waals surface area contributed by atoms with Gasteiger partial charge in [-0.3, -0.25) is 4.79 Å². The molecule has 8 aromatic rings. The molecule has 0 radical (unpaired) electrons. The lowest BCUT2D eigenvalue weighted by molar-refractivity contribution is 0.0898. The van der Waals surface area contributed by atoms with Gasteiger partial charge in [0.2, 0.25) is 0 Å². The molecule has 0 aliphatic heterocycles. The van der Waals surface area contributed by atoms with Crippen LogP contribution in [0.15, 0.2) is 65.1 Å². The number of carbonyl (C=O) groups is 1. The van der Waals surface area contributed by atoms with Crippen molar-refractivity contribution in [3.05, 3.63) is 88.5 Å². The zero-order valence-electron chi connectivity index (χ0n) is 28.7. The number of Topliss-reactive ketones (excluding diaryl/α,β-unsaturated/α-hetero) is 1. The first-order chi connectivity index (χ1) is 24.5. The number of hydrogen-bond donors (Lipinski definition) is 0. The zero-order valence-corrected chi connectivity index (χ0v) is 28.7. The van der Waals surface area contributed by atoms with Gasteiger partial charge < -0.3 is 8.82 Å². The summed E-state index contributed by atoms with van der Waals surface area (Å²) in [6.07, 6.45) is 10.0. The molecule has 2 fully saturated rings. The molecule has 3 aromatic heterocycles. The van der Waals surface area contributed by atoms with Crippen LogP contribution in [0.5, 0.6) is 0 Å². The lowest BCUT2D eigenvalue weighted by Gasteiger charge is -2.43. The second-order valence-electron chi connectivity index (χ2n) is 16.6. The lowest BCUT2D eigenvalue weighted by Crippen LogP contribution is -2.36. The van der Waals surface area contributed by atoms with Gasteiger partial charge in [0.25, 0.3) is 0 Å². The molecule has 0 N–H and O–H groups in total. The maximum atomic E-state index is 14.2. The van der Waals surface area contributed by atoms with E-state index in [0.717, 1.165) is 89.0 Å². The number of benzene rings is 5. The molecule has 6 aliphatic carbocycles. The predicted octanol–water partition coefficient (Wildman–Crippen LogP) is 12.2. The monoisotopic (exact) mass is 650 g/mol. The van der Waals surface area contributed by atoms with E-state index in [2.05, 4.69) is 85.0 Å². The molecule has 244 valence electrons. The fraction of sp³-hybridized carbons (Fsp3) is 0.348. The number of rotatable bonds is 1. The average Bonchev–Trinajstić information content (AvgIpc) is 3.32. The van der Waals surface area contributed by atoms with Crippen LogP contribution in [-0.2, 0) is 5.41 Å². The van der Waals surface area contributed by atoms with Crippen molar-refractivity contribution in [2.75, 3.05) is 0 Å². The molecular weight excluding hydrogens is 613 g/mol. The van der Waals surface area contributed by atoms with Gasteiger partial charge in [0, 0.05) is 43.8 Å². The molecule has 4 heteroatoms. The Kier molecular flexibility index (Phi) is 5.16. The second kappa shape index (κ2) is 9.26. The van der Waals surface area contributed by atoms with Crippen molar-refractivity contribution in [3.63, 3.8) is 0 Å². The van der Waals surface area contributed by atoms with E-state index in [9.17, 15) is 10.1 Å². The molecule has 0 spiro atoms. The summed E-state index contributed by atoms with van der Waals surface area (Å²) in [6.45, 7) is 4.81. The highest BCUT2D eigenvalue weighted by Gasteiger charge is 2.47. The molecule has 2 unspecified atom stereocenters. The maximum absolute atomic E-state index is 14.2. The Hall–Kier alpha value is -4.88. The Balaban J connectivity index is 1.38. The largest absolute Gasteiger partial charge is 0.456 e. The van der Waals surface area contributed by atoms with Gasteiger partial charge in [0.15, 0.2) is 5.78 Å². The van der Waals surface area contributed by atoms with Gasteiger partial charge in [-0.1, -0.05) is 50.6 Å². The van der Waals surface area contributed by atoms with Gasteiger partial charge in [-0.15, -0.1) is 0 Å².